The molecular weight excluding hydrogens is 550 g/mol. The minimum atomic E-state index is -0.294. The molecule has 1 aliphatic heterocycles. The van der Waals surface area contributed by atoms with Gasteiger partial charge in [0.25, 0.3) is 5.56 Å². The second kappa shape index (κ2) is 12.0. The highest BCUT2D eigenvalue weighted by Gasteiger charge is 2.24. The minimum absolute atomic E-state index is 0.123. The van der Waals surface area contributed by atoms with Crippen molar-refractivity contribution in [3.8, 4) is 0 Å². The van der Waals surface area contributed by atoms with Crippen LogP contribution in [0.4, 0.5) is 15.8 Å². The van der Waals surface area contributed by atoms with Crippen molar-refractivity contribution >= 4 is 51.4 Å². The maximum absolute atomic E-state index is 13.7. The summed E-state index contributed by atoms with van der Waals surface area (Å²) in [4.78, 5) is 24.9. The van der Waals surface area contributed by atoms with Gasteiger partial charge in [-0.05, 0) is 86.8 Å². The molecule has 40 heavy (non-hydrogen) atoms. The van der Waals surface area contributed by atoms with Gasteiger partial charge in [-0.1, -0.05) is 29.3 Å². The molecule has 2 atom stereocenters. The molecule has 1 aromatic heterocycles. The number of benzene rings is 3. The van der Waals surface area contributed by atoms with E-state index in [1.807, 2.05) is 25.1 Å². The van der Waals surface area contributed by atoms with Gasteiger partial charge in [0, 0.05) is 47.5 Å². The Morgan fingerprint density at radius 3 is 2.60 bits per heavy atom. The monoisotopic (exact) mass is 580 g/mol. The summed E-state index contributed by atoms with van der Waals surface area (Å²) < 4.78 is 15.3. The van der Waals surface area contributed by atoms with Crippen molar-refractivity contribution in [2.24, 2.45) is 4.99 Å². The van der Waals surface area contributed by atoms with Crippen molar-refractivity contribution in [1.29, 1.82) is 0 Å². The number of aliphatic imine (C=N–C) groups is 1. The van der Waals surface area contributed by atoms with E-state index in [1.54, 1.807) is 35.2 Å². The van der Waals surface area contributed by atoms with Gasteiger partial charge in [-0.2, -0.15) is 0 Å². The Kier molecular flexibility index (Phi) is 8.40. The van der Waals surface area contributed by atoms with Crippen molar-refractivity contribution in [2.75, 3.05) is 18.4 Å². The Labute approximate surface area is 242 Å². The fourth-order valence-electron chi connectivity index (χ4n) is 5.03. The number of nitrogens with zero attached hydrogens (tertiary/aromatic N) is 4. The van der Waals surface area contributed by atoms with Crippen molar-refractivity contribution in [3.05, 3.63) is 98.3 Å². The predicted octanol–water partition coefficient (Wildman–Crippen LogP) is 6.18. The second-order valence-corrected chi connectivity index (χ2v) is 11.2. The highest BCUT2D eigenvalue weighted by molar-refractivity contribution is 6.35. The standard InChI is InChI=1S/C30H31Cl2FN6O/c1-18-12-23(33)6-9-27(18)37-30(39-15-19(2)35-20(3)16-39)36-24-7-8-25-28(14-24)34-17-38(29(25)40)11-10-21-4-5-22(31)13-26(21)32/h4-9,12-14,17,19-20,35H,10-11,15-16H2,1-3H3,(H,36,37)/t19-,20+. The van der Waals surface area contributed by atoms with Crippen LogP contribution >= 0.6 is 23.2 Å². The molecule has 7 nitrogen and oxygen atoms in total. The van der Waals surface area contributed by atoms with Gasteiger partial charge in [0.15, 0.2) is 0 Å². The molecular formula is C30H31Cl2FN6O. The summed E-state index contributed by atoms with van der Waals surface area (Å²) in [7, 11) is 0. The summed E-state index contributed by atoms with van der Waals surface area (Å²) in [5.74, 6) is 0.361. The maximum atomic E-state index is 13.7. The number of anilines is 1. The number of halogens is 3. The van der Waals surface area contributed by atoms with Crippen LogP contribution in [-0.2, 0) is 13.0 Å². The number of hydrogen-bond acceptors (Lipinski definition) is 4. The topological polar surface area (TPSA) is 74.5 Å². The zero-order valence-corrected chi connectivity index (χ0v) is 24.1. The predicted molar refractivity (Wildman–Crippen MR) is 162 cm³/mol. The van der Waals surface area contributed by atoms with E-state index in [4.69, 9.17) is 28.2 Å². The van der Waals surface area contributed by atoms with E-state index in [0.29, 0.717) is 45.6 Å². The van der Waals surface area contributed by atoms with Gasteiger partial charge >= 0.3 is 0 Å². The Hall–Kier alpha value is -3.46. The molecule has 0 saturated carbocycles. The van der Waals surface area contributed by atoms with Crippen molar-refractivity contribution in [3.63, 3.8) is 0 Å². The van der Waals surface area contributed by atoms with Crippen molar-refractivity contribution in [2.45, 2.75) is 45.8 Å². The second-order valence-electron chi connectivity index (χ2n) is 10.3. The molecule has 1 aliphatic rings. The molecule has 0 amide bonds. The summed E-state index contributed by atoms with van der Waals surface area (Å²) >= 11 is 12.3. The summed E-state index contributed by atoms with van der Waals surface area (Å²) in [6.07, 6.45) is 2.14. The third-order valence-corrected chi connectivity index (χ3v) is 7.55. The van der Waals surface area contributed by atoms with Gasteiger partial charge in [0.2, 0.25) is 5.96 Å². The summed E-state index contributed by atoms with van der Waals surface area (Å²) in [6, 6.07) is 16.0. The smallest absolute Gasteiger partial charge is 0.261 e. The van der Waals surface area contributed by atoms with E-state index in [0.717, 1.165) is 29.9 Å². The number of guanidine groups is 1. The molecule has 0 bridgehead atoms. The lowest BCUT2D eigenvalue weighted by molar-refractivity contribution is 0.254. The molecule has 0 radical (unpaired) electrons. The molecule has 1 fully saturated rings. The Bertz CT molecular complexity index is 1630. The first kappa shape index (κ1) is 28.1. The minimum Gasteiger partial charge on any atom is -0.339 e. The Morgan fingerprint density at radius 2 is 1.88 bits per heavy atom. The van der Waals surface area contributed by atoms with Crippen LogP contribution in [-0.4, -0.2) is 45.6 Å². The zero-order chi connectivity index (χ0) is 28.4. The summed E-state index contributed by atoms with van der Waals surface area (Å²) in [5, 5.41) is 8.65. The molecule has 0 unspecified atom stereocenters. The fourth-order valence-corrected chi connectivity index (χ4v) is 5.53. The highest BCUT2D eigenvalue weighted by Crippen LogP contribution is 2.23. The lowest BCUT2D eigenvalue weighted by atomic mass is 10.1. The number of nitrogens with one attached hydrogen (secondary N) is 2. The number of piperazine rings is 1. The third kappa shape index (κ3) is 6.46. The first-order valence-electron chi connectivity index (χ1n) is 13.2. The van der Waals surface area contributed by atoms with E-state index in [1.165, 1.54) is 12.1 Å². The molecule has 1 saturated heterocycles. The molecule has 0 spiro atoms. The molecule has 4 aromatic rings. The van der Waals surface area contributed by atoms with Gasteiger partial charge < -0.3 is 15.5 Å². The Morgan fingerprint density at radius 1 is 1.10 bits per heavy atom. The van der Waals surface area contributed by atoms with Crippen LogP contribution in [0.5, 0.6) is 0 Å². The average molecular weight is 582 g/mol. The summed E-state index contributed by atoms with van der Waals surface area (Å²) in [6.45, 7) is 8.06. The van der Waals surface area contributed by atoms with Crippen molar-refractivity contribution in [1.82, 2.24) is 19.8 Å². The largest absolute Gasteiger partial charge is 0.339 e. The van der Waals surface area contributed by atoms with Gasteiger partial charge in [-0.25, -0.2) is 14.4 Å². The van der Waals surface area contributed by atoms with Gasteiger partial charge in [-0.15, -0.1) is 0 Å². The molecule has 3 aromatic carbocycles. The zero-order valence-electron chi connectivity index (χ0n) is 22.6. The van der Waals surface area contributed by atoms with Gasteiger partial charge in [-0.3, -0.25) is 9.36 Å². The van der Waals surface area contributed by atoms with E-state index in [-0.39, 0.29) is 23.5 Å². The van der Waals surface area contributed by atoms with Crippen LogP contribution in [0.1, 0.15) is 25.0 Å². The number of fused-ring (bicyclic) bond motifs is 1. The fraction of sp³-hybridized carbons (Fsp3) is 0.300. The quantitative estimate of drug-likeness (QED) is 0.218. The molecule has 0 aliphatic carbocycles. The van der Waals surface area contributed by atoms with E-state index < -0.39 is 0 Å². The van der Waals surface area contributed by atoms with E-state index in [2.05, 4.69) is 34.4 Å². The molecule has 2 N–H and O–H groups in total. The van der Waals surface area contributed by atoms with Crippen LogP contribution in [0.25, 0.3) is 10.9 Å². The lowest BCUT2D eigenvalue weighted by Crippen LogP contribution is -2.57. The number of rotatable bonds is 5. The van der Waals surface area contributed by atoms with Crippen LogP contribution < -0.4 is 16.2 Å². The molecule has 10 heteroatoms. The number of aryl methyl sites for hydroxylation is 3. The first-order valence-corrected chi connectivity index (χ1v) is 14.0. The Balaban J connectivity index is 1.42. The highest BCUT2D eigenvalue weighted by atomic mass is 35.5. The first-order chi connectivity index (χ1) is 19.2. The lowest BCUT2D eigenvalue weighted by Gasteiger charge is -2.38. The molecule has 5 rings (SSSR count). The van der Waals surface area contributed by atoms with Crippen LogP contribution in [0.3, 0.4) is 0 Å². The third-order valence-electron chi connectivity index (χ3n) is 6.96. The average Bonchev–Trinajstić information content (AvgIpc) is 2.89. The number of aromatic nitrogens is 2. The van der Waals surface area contributed by atoms with E-state index >= 15 is 0 Å². The van der Waals surface area contributed by atoms with Gasteiger partial charge in [0.1, 0.15) is 5.82 Å². The normalized spacial score (nSPS) is 17.9. The van der Waals surface area contributed by atoms with Crippen molar-refractivity contribution < 1.29 is 4.39 Å². The van der Waals surface area contributed by atoms with Crippen LogP contribution in [0, 0.1) is 12.7 Å². The molecule has 208 valence electrons. The van der Waals surface area contributed by atoms with Gasteiger partial charge in [0.05, 0.1) is 22.9 Å². The maximum Gasteiger partial charge on any atom is 0.261 e. The van der Waals surface area contributed by atoms with E-state index in [9.17, 15) is 9.18 Å². The number of hydrogen-bond donors (Lipinski definition) is 2. The summed E-state index contributed by atoms with van der Waals surface area (Å²) in [5.41, 5.74) is 3.55. The van der Waals surface area contributed by atoms with Crippen LogP contribution in [0.15, 0.2) is 70.7 Å². The van der Waals surface area contributed by atoms with Crippen LogP contribution in [0.2, 0.25) is 10.0 Å². The molecule has 2 heterocycles. The SMILES string of the molecule is Cc1cc(F)ccc1/N=C(/Nc1ccc2c(=O)n(CCc3ccc(Cl)cc3Cl)cnc2c1)N1C[C@@H](C)N[C@@H](C)C1.